The lowest BCUT2D eigenvalue weighted by molar-refractivity contribution is -0.174. The summed E-state index contributed by atoms with van der Waals surface area (Å²) in [6.07, 6.45) is -4.48. The van der Waals surface area contributed by atoms with E-state index in [0.29, 0.717) is 6.42 Å². The van der Waals surface area contributed by atoms with Crippen LogP contribution < -0.4 is 5.32 Å². The zero-order valence-electron chi connectivity index (χ0n) is 8.80. The maximum atomic E-state index is 12.1. The monoisotopic (exact) mass is 309 g/mol. The number of benzene rings is 1. The molecule has 0 aliphatic carbocycles. The third kappa shape index (κ3) is 4.77. The average molecular weight is 310 g/mol. The second-order valence-corrected chi connectivity index (χ2v) is 4.16. The molecule has 0 aliphatic heterocycles. The van der Waals surface area contributed by atoms with Gasteiger partial charge in [-0.1, -0.05) is 46.3 Å². The van der Waals surface area contributed by atoms with Crippen molar-refractivity contribution in [3.05, 3.63) is 35.9 Å². The summed E-state index contributed by atoms with van der Waals surface area (Å²) in [5.74, 6) is -1.90. The van der Waals surface area contributed by atoms with Crippen LogP contribution in [0.1, 0.15) is 5.56 Å². The second-order valence-electron chi connectivity index (χ2n) is 3.51. The molecular weight excluding hydrogens is 299 g/mol. The topological polar surface area (TPSA) is 29.1 Å². The Kier molecular flexibility index (Phi) is 4.99. The van der Waals surface area contributed by atoms with Crippen molar-refractivity contribution in [3.63, 3.8) is 0 Å². The van der Waals surface area contributed by atoms with Crippen molar-refractivity contribution in [1.82, 2.24) is 5.32 Å². The van der Waals surface area contributed by atoms with Crippen LogP contribution in [-0.2, 0) is 11.2 Å². The van der Waals surface area contributed by atoms with Gasteiger partial charge in [-0.05, 0) is 12.0 Å². The molecule has 1 aromatic carbocycles. The SMILES string of the molecule is O=C(N[C@H](CBr)Cc1ccccc1)C(F)(F)F. The van der Waals surface area contributed by atoms with Gasteiger partial charge in [0.1, 0.15) is 0 Å². The third-order valence-electron chi connectivity index (χ3n) is 2.10. The first kappa shape index (κ1) is 14.0. The first-order chi connectivity index (χ1) is 7.93. The molecule has 1 aromatic rings. The molecule has 1 rings (SSSR count). The van der Waals surface area contributed by atoms with E-state index in [1.807, 2.05) is 11.4 Å². The molecule has 6 heteroatoms. The highest BCUT2D eigenvalue weighted by Crippen LogP contribution is 2.15. The maximum Gasteiger partial charge on any atom is 0.471 e. The minimum Gasteiger partial charge on any atom is -0.344 e. The van der Waals surface area contributed by atoms with E-state index in [1.54, 1.807) is 24.3 Å². The van der Waals surface area contributed by atoms with Gasteiger partial charge in [-0.25, -0.2) is 0 Å². The average Bonchev–Trinajstić information content (AvgIpc) is 2.28. The number of hydrogen-bond acceptors (Lipinski definition) is 1. The van der Waals surface area contributed by atoms with Crippen molar-refractivity contribution >= 4 is 21.8 Å². The first-order valence-corrected chi connectivity index (χ1v) is 6.03. The zero-order chi connectivity index (χ0) is 12.9. The number of hydrogen-bond donors (Lipinski definition) is 1. The zero-order valence-corrected chi connectivity index (χ0v) is 10.4. The van der Waals surface area contributed by atoms with Crippen LogP contribution in [0.4, 0.5) is 13.2 Å². The molecule has 0 aliphatic rings. The Balaban J connectivity index is 2.59. The second kappa shape index (κ2) is 6.05. The Morgan fingerprint density at radius 3 is 2.35 bits per heavy atom. The van der Waals surface area contributed by atoms with Crippen LogP contribution >= 0.6 is 15.9 Å². The standard InChI is InChI=1S/C11H11BrF3NO/c12-7-9(16-10(17)11(13,14)15)6-8-4-2-1-3-5-8/h1-5,9H,6-7H2,(H,16,17)/t9-/m0/s1. The Bertz CT molecular complexity index is 367. The van der Waals surface area contributed by atoms with Crippen LogP contribution in [0.25, 0.3) is 0 Å². The van der Waals surface area contributed by atoms with Crippen LogP contribution in [0.2, 0.25) is 0 Å². The maximum absolute atomic E-state index is 12.1. The van der Waals surface area contributed by atoms with Gasteiger partial charge in [0.05, 0.1) is 0 Å². The number of rotatable bonds is 4. The van der Waals surface area contributed by atoms with Gasteiger partial charge >= 0.3 is 12.1 Å². The molecule has 0 saturated carbocycles. The predicted octanol–water partition coefficient (Wildman–Crippen LogP) is 2.67. The van der Waals surface area contributed by atoms with Crippen molar-refractivity contribution < 1.29 is 18.0 Å². The van der Waals surface area contributed by atoms with Crippen molar-refractivity contribution in [1.29, 1.82) is 0 Å². The Hall–Kier alpha value is -1.04. The van der Waals surface area contributed by atoms with E-state index in [9.17, 15) is 18.0 Å². The molecule has 0 heterocycles. The summed E-state index contributed by atoms with van der Waals surface area (Å²) in [4.78, 5) is 10.8. The Morgan fingerprint density at radius 2 is 1.88 bits per heavy atom. The van der Waals surface area contributed by atoms with E-state index < -0.39 is 18.1 Å². The number of nitrogens with one attached hydrogen (secondary N) is 1. The van der Waals surface area contributed by atoms with Crippen molar-refractivity contribution in [2.24, 2.45) is 0 Å². The molecule has 0 aromatic heterocycles. The van der Waals surface area contributed by atoms with Gasteiger partial charge in [-0.2, -0.15) is 13.2 Å². The molecule has 0 bridgehead atoms. The number of carbonyl (C=O) groups excluding carboxylic acids is 1. The molecule has 1 atom stereocenters. The van der Waals surface area contributed by atoms with Gasteiger partial charge in [0, 0.05) is 11.4 Å². The summed E-state index contributed by atoms with van der Waals surface area (Å²) in [5.41, 5.74) is 0.874. The van der Waals surface area contributed by atoms with Crippen molar-refractivity contribution in [2.45, 2.75) is 18.6 Å². The van der Waals surface area contributed by atoms with Gasteiger partial charge in [-0.15, -0.1) is 0 Å². The minimum atomic E-state index is -4.84. The first-order valence-electron chi connectivity index (χ1n) is 4.91. The van der Waals surface area contributed by atoms with Crippen LogP contribution in [0.3, 0.4) is 0 Å². The van der Waals surface area contributed by atoms with Crippen LogP contribution in [0.15, 0.2) is 30.3 Å². The van der Waals surface area contributed by atoms with Gasteiger partial charge in [0.25, 0.3) is 0 Å². The van der Waals surface area contributed by atoms with Gasteiger partial charge in [-0.3, -0.25) is 4.79 Å². The summed E-state index contributed by atoms with van der Waals surface area (Å²) in [6.45, 7) is 0. The molecule has 0 fully saturated rings. The fourth-order valence-electron chi connectivity index (χ4n) is 1.31. The normalized spacial score (nSPS) is 13.2. The lowest BCUT2D eigenvalue weighted by atomic mass is 10.1. The summed E-state index contributed by atoms with van der Waals surface area (Å²) >= 11 is 3.09. The molecule has 0 saturated heterocycles. The van der Waals surface area contributed by atoms with E-state index in [-0.39, 0.29) is 5.33 Å². The van der Waals surface area contributed by atoms with Gasteiger partial charge in [0.15, 0.2) is 0 Å². The molecule has 0 spiro atoms. The predicted molar refractivity (Wildman–Crippen MR) is 61.9 cm³/mol. The van der Waals surface area contributed by atoms with Crippen molar-refractivity contribution in [3.8, 4) is 0 Å². The fraction of sp³-hybridized carbons (Fsp3) is 0.364. The molecule has 1 amide bonds. The van der Waals surface area contributed by atoms with E-state index in [1.165, 1.54) is 0 Å². The molecule has 94 valence electrons. The van der Waals surface area contributed by atoms with Gasteiger partial charge in [0.2, 0.25) is 0 Å². The smallest absolute Gasteiger partial charge is 0.344 e. The summed E-state index contributed by atoms with van der Waals surface area (Å²) in [7, 11) is 0. The molecule has 0 radical (unpaired) electrons. The summed E-state index contributed by atoms with van der Waals surface area (Å²) in [5, 5.41) is 2.21. The highest BCUT2D eigenvalue weighted by Gasteiger charge is 2.39. The number of alkyl halides is 4. The highest BCUT2D eigenvalue weighted by atomic mass is 79.9. The quantitative estimate of drug-likeness (QED) is 0.851. The van der Waals surface area contributed by atoms with E-state index in [2.05, 4.69) is 15.9 Å². The van der Waals surface area contributed by atoms with E-state index in [0.717, 1.165) is 5.56 Å². The number of carbonyl (C=O) groups is 1. The molecular formula is C11H11BrF3NO. The Morgan fingerprint density at radius 1 is 1.29 bits per heavy atom. The van der Waals surface area contributed by atoms with E-state index in [4.69, 9.17) is 0 Å². The molecule has 1 N–H and O–H groups in total. The fourth-order valence-corrected chi connectivity index (χ4v) is 1.70. The van der Waals surface area contributed by atoms with Gasteiger partial charge < -0.3 is 5.32 Å². The van der Waals surface area contributed by atoms with Crippen LogP contribution in [0.5, 0.6) is 0 Å². The number of amides is 1. The molecule has 17 heavy (non-hydrogen) atoms. The lowest BCUT2D eigenvalue weighted by Crippen LogP contribution is -2.44. The summed E-state index contributed by atoms with van der Waals surface area (Å²) < 4.78 is 36.2. The highest BCUT2D eigenvalue weighted by molar-refractivity contribution is 9.09. The minimum absolute atomic E-state index is 0.268. The molecule has 0 unspecified atom stereocenters. The number of halogens is 4. The Labute approximate surface area is 105 Å². The van der Waals surface area contributed by atoms with Crippen molar-refractivity contribution in [2.75, 3.05) is 5.33 Å². The summed E-state index contributed by atoms with van der Waals surface area (Å²) in [6, 6.07) is 8.44. The molecule has 2 nitrogen and oxygen atoms in total. The third-order valence-corrected chi connectivity index (χ3v) is 2.89. The lowest BCUT2D eigenvalue weighted by Gasteiger charge is -2.17. The van der Waals surface area contributed by atoms with E-state index >= 15 is 0 Å². The largest absolute Gasteiger partial charge is 0.471 e. The van der Waals surface area contributed by atoms with Crippen LogP contribution in [-0.4, -0.2) is 23.5 Å². The van der Waals surface area contributed by atoms with Crippen LogP contribution in [0, 0.1) is 0 Å².